The highest BCUT2D eigenvalue weighted by molar-refractivity contribution is 5.98. The van der Waals surface area contributed by atoms with E-state index in [0.717, 1.165) is 37.9 Å². The number of carbonyl (C=O) groups excluding carboxylic acids is 3. The number of likely N-dealkylation sites (tertiary alicyclic amines) is 2. The van der Waals surface area contributed by atoms with Crippen molar-refractivity contribution in [2.45, 2.75) is 45.1 Å². The van der Waals surface area contributed by atoms with Crippen LogP contribution in [0, 0.1) is 12.8 Å². The summed E-state index contributed by atoms with van der Waals surface area (Å²) in [6.45, 7) is 4.57. The summed E-state index contributed by atoms with van der Waals surface area (Å²) in [4.78, 5) is 43.5. The summed E-state index contributed by atoms with van der Waals surface area (Å²) in [5, 5.41) is 3.05. The molecule has 2 aromatic rings. The molecule has 186 valence electrons. The molecule has 2 saturated heterocycles. The van der Waals surface area contributed by atoms with E-state index in [4.69, 9.17) is 4.74 Å². The molecule has 0 aliphatic carbocycles. The van der Waals surface area contributed by atoms with E-state index in [1.807, 2.05) is 41.0 Å². The summed E-state index contributed by atoms with van der Waals surface area (Å²) in [5.41, 5.74) is 2.21. The summed E-state index contributed by atoms with van der Waals surface area (Å²) < 4.78 is 5.25. The number of piperidine rings is 2. The largest absolute Gasteiger partial charge is 0.497 e. The van der Waals surface area contributed by atoms with Gasteiger partial charge in [0, 0.05) is 37.3 Å². The Morgan fingerprint density at radius 3 is 2.26 bits per heavy atom. The number of nitrogens with one attached hydrogen (secondary N) is 1. The van der Waals surface area contributed by atoms with Crippen molar-refractivity contribution in [2.24, 2.45) is 5.92 Å². The van der Waals surface area contributed by atoms with Crippen molar-refractivity contribution >= 4 is 17.7 Å². The van der Waals surface area contributed by atoms with Crippen LogP contribution in [0.1, 0.15) is 58.4 Å². The Hall–Kier alpha value is -3.35. The van der Waals surface area contributed by atoms with E-state index in [1.54, 1.807) is 31.4 Å². The van der Waals surface area contributed by atoms with Gasteiger partial charge in [0.05, 0.1) is 7.11 Å². The van der Waals surface area contributed by atoms with Crippen LogP contribution >= 0.6 is 0 Å². The highest BCUT2D eigenvalue weighted by Crippen LogP contribution is 2.25. The minimum absolute atomic E-state index is 0.00981. The van der Waals surface area contributed by atoms with E-state index in [1.165, 1.54) is 0 Å². The van der Waals surface area contributed by atoms with Crippen LogP contribution in [-0.4, -0.2) is 66.9 Å². The van der Waals surface area contributed by atoms with Crippen molar-refractivity contribution in [3.63, 3.8) is 0 Å². The quantitative estimate of drug-likeness (QED) is 0.689. The van der Waals surface area contributed by atoms with Gasteiger partial charge in [0.2, 0.25) is 5.91 Å². The average molecular weight is 478 g/mol. The van der Waals surface area contributed by atoms with Crippen molar-refractivity contribution in [3.8, 4) is 5.75 Å². The number of hydrogen-bond acceptors (Lipinski definition) is 4. The smallest absolute Gasteiger partial charge is 0.253 e. The van der Waals surface area contributed by atoms with E-state index in [-0.39, 0.29) is 23.6 Å². The van der Waals surface area contributed by atoms with Gasteiger partial charge in [0.15, 0.2) is 0 Å². The van der Waals surface area contributed by atoms with Crippen LogP contribution in [0.4, 0.5) is 0 Å². The van der Waals surface area contributed by atoms with Gasteiger partial charge in [-0.15, -0.1) is 0 Å². The number of methoxy groups -OCH3 is 1. The highest BCUT2D eigenvalue weighted by Gasteiger charge is 2.36. The molecule has 0 saturated carbocycles. The summed E-state index contributed by atoms with van der Waals surface area (Å²) in [6.07, 6.45) is 4.45. The fraction of sp³-hybridized carbons (Fsp3) is 0.464. The van der Waals surface area contributed by atoms with Crippen LogP contribution in [0.25, 0.3) is 0 Å². The molecule has 4 rings (SSSR count). The lowest BCUT2D eigenvalue weighted by Gasteiger charge is -2.38. The monoisotopic (exact) mass is 477 g/mol. The van der Waals surface area contributed by atoms with Crippen LogP contribution in [0.15, 0.2) is 48.5 Å². The number of aryl methyl sites for hydroxylation is 1. The van der Waals surface area contributed by atoms with E-state index in [0.29, 0.717) is 42.8 Å². The Morgan fingerprint density at radius 1 is 0.886 bits per heavy atom. The van der Waals surface area contributed by atoms with Gasteiger partial charge in [-0.2, -0.15) is 0 Å². The van der Waals surface area contributed by atoms with Gasteiger partial charge in [-0.3, -0.25) is 14.4 Å². The summed E-state index contributed by atoms with van der Waals surface area (Å²) in [7, 11) is 1.56. The molecule has 7 heteroatoms. The van der Waals surface area contributed by atoms with Crippen molar-refractivity contribution in [3.05, 3.63) is 65.2 Å². The van der Waals surface area contributed by atoms with E-state index < -0.39 is 6.04 Å². The molecule has 7 nitrogen and oxygen atoms in total. The molecule has 2 fully saturated rings. The molecule has 2 aliphatic heterocycles. The SMILES string of the molecule is COc1cccc(C(=O)N[C@@H](C(=O)N2CCCCC2)C2CCN(C(=O)c3cccc(C)c3)CC2)c1. The Bertz CT molecular complexity index is 1060. The number of rotatable bonds is 6. The number of hydrogen-bond donors (Lipinski definition) is 1. The first-order chi connectivity index (χ1) is 17.0. The second kappa shape index (κ2) is 11.4. The molecule has 0 bridgehead atoms. The molecule has 2 aromatic carbocycles. The maximum atomic E-state index is 13.6. The molecular weight excluding hydrogens is 442 g/mol. The van der Waals surface area contributed by atoms with Crippen LogP contribution in [0.5, 0.6) is 5.75 Å². The standard InChI is InChI=1S/C28H35N3O4/c1-20-8-6-10-23(18-20)27(33)31-16-12-21(13-17-31)25(28(34)30-14-4-3-5-15-30)29-26(32)22-9-7-11-24(19-22)35-2/h6-11,18-19,21,25H,3-5,12-17H2,1-2H3,(H,29,32)/t25-/m1/s1. The van der Waals surface area contributed by atoms with Crippen LogP contribution in [-0.2, 0) is 4.79 Å². The number of carbonyl (C=O) groups is 3. The van der Waals surface area contributed by atoms with Gasteiger partial charge in [0.1, 0.15) is 11.8 Å². The first-order valence-electron chi connectivity index (χ1n) is 12.6. The molecular formula is C28H35N3O4. The van der Waals surface area contributed by atoms with E-state index in [9.17, 15) is 14.4 Å². The normalized spacial score (nSPS) is 17.5. The molecule has 2 aliphatic rings. The molecule has 0 spiro atoms. The predicted octanol–water partition coefficient (Wildman–Crippen LogP) is 3.67. The Morgan fingerprint density at radius 2 is 1.57 bits per heavy atom. The van der Waals surface area contributed by atoms with Gasteiger partial charge in [-0.05, 0) is 75.3 Å². The third-order valence-electron chi connectivity index (χ3n) is 7.12. The molecule has 3 amide bonds. The third-order valence-corrected chi connectivity index (χ3v) is 7.12. The summed E-state index contributed by atoms with van der Waals surface area (Å²) in [5.74, 6) is 0.300. The topological polar surface area (TPSA) is 79.0 Å². The second-order valence-electron chi connectivity index (χ2n) is 9.57. The van der Waals surface area contributed by atoms with E-state index >= 15 is 0 Å². The van der Waals surface area contributed by atoms with Gasteiger partial charge in [0.25, 0.3) is 11.8 Å². The average Bonchev–Trinajstić information content (AvgIpc) is 2.91. The lowest BCUT2D eigenvalue weighted by molar-refractivity contribution is -0.136. The molecule has 35 heavy (non-hydrogen) atoms. The molecule has 0 aromatic heterocycles. The van der Waals surface area contributed by atoms with Gasteiger partial charge in [-0.25, -0.2) is 0 Å². The van der Waals surface area contributed by atoms with Crippen molar-refractivity contribution < 1.29 is 19.1 Å². The Balaban J connectivity index is 1.47. The maximum Gasteiger partial charge on any atom is 0.253 e. The lowest BCUT2D eigenvalue weighted by Crippen LogP contribution is -2.55. The van der Waals surface area contributed by atoms with Crippen LogP contribution in [0.2, 0.25) is 0 Å². The van der Waals surface area contributed by atoms with Gasteiger partial charge < -0.3 is 19.9 Å². The number of ether oxygens (including phenoxy) is 1. The van der Waals surface area contributed by atoms with Crippen LogP contribution < -0.4 is 10.1 Å². The number of nitrogens with zero attached hydrogens (tertiary/aromatic N) is 2. The first kappa shape index (κ1) is 24.8. The number of amides is 3. The van der Waals surface area contributed by atoms with Crippen molar-refractivity contribution in [1.82, 2.24) is 15.1 Å². The fourth-order valence-electron chi connectivity index (χ4n) is 5.08. The zero-order chi connectivity index (χ0) is 24.8. The molecule has 1 atom stereocenters. The van der Waals surface area contributed by atoms with E-state index in [2.05, 4.69) is 5.32 Å². The number of benzene rings is 2. The molecule has 1 N–H and O–H groups in total. The second-order valence-corrected chi connectivity index (χ2v) is 9.57. The highest BCUT2D eigenvalue weighted by atomic mass is 16.5. The Kier molecular flexibility index (Phi) is 8.06. The van der Waals surface area contributed by atoms with Gasteiger partial charge >= 0.3 is 0 Å². The predicted molar refractivity (Wildman–Crippen MR) is 134 cm³/mol. The summed E-state index contributed by atoms with van der Waals surface area (Å²) in [6, 6.07) is 14.0. The van der Waals surface area contributed by atoms with Crippen molar-refractivity contribution in [2.75, 3.05) is 33.3 Å². The minimum atomic E-state index is -0.608. The van der Waals surface area contributed by atoms with Crippen molar-refractivity contribution in [1.29, 1.82) is 0 Å². The molecule has 0 radical (unpaired) electrons. The van der Waals surface area contributed by atoms with Gasteiger partial charge in [-0.1, -0.05) is 23.8 Å². The third kappa shape index (κ3) is 6.02. The molecule has 2 heterocycles. The first-order valence-corrected chi connectivity index (χ1v) is 12.6. The van der Waals surface area contributed by atoms with Crippen LogP contribution in [0.3, 0.4) is 0 Å². The minimum Gasteiger partial charge on any atom is -0.497 e. The zero-order valence-corrected chi connectivity index (χ0v) is 20.7. The molecule has 0 unspecified atom stereocenters. The Labute approximate surface area is 207 Å². The fourth-order valence-corrected chi connectivity index (χ4v) is 5.08. The lowest BCUT2D eigenvalue weighted by atomic mass is 9.87. The summed E-state index contributed by atoms with van der Waals surface area (Å²) >= 11 is 0. The zero-order valence-electron chi connectivity index (χ0n) is 20.7. The maximum absolute atomic E-state index is 13.6.